The first-order valence-corrected chi connectivity index (χ1v) is 7.00. The predicted octanol–water partition coefficient (Wildman–Crippen LogP) is 5.22. The monoisotopic (exact) mass is 302 g/mol. The number of hydrogen-bond acceptors (Lipinski definition) is 2. The molecule has 0 aliphatic carbocycles. The Morgan fingerprint density at radius 3 is 2.50 bits per heavy atom. The van der Waals surface area contributed by atoms with Gasteiger partial charge in [-0.25, -0.2) is 9.97 Å². The van der Waals surface area contributed by atoms with Gasteiger partial charge in [0, 0.05) is 16.0 Å². The number of halogens is 2. The van der Waals surface area contributed by atoms with Crippen molar-refractivity contribution in [3.63, 3.8) is 0 Å². The van der Waals surface area contributed by atoms with Crippen LogP contribution < -0.4 is 0 Å². The third-order valence-electron chi connectivity index (χ3n) is 3.25. The molecule has 20 heavy (non-hydrogen) atoms. The number of benzene rings is 2. The van der Waals surface area contributed by atoms with Gasteiger partial charge in [-0.3, -0.25) is 0 Å². The maximum atomic E-state index is 6.26. The first-order valence-electron chi connectivity index (χ1n) is 6.25. The van der Waals surface area contributed by atoms with E-state index in [9.17, 15) is 0 Å². The minimum absolute atomic E-state index is 0.447. The van der Waals surface area contributed by atoms with Gasteiger partial charge < -0.3 is 0 Å². The molecule has 100 valence electrons. The van der Waals surface area contributed by atoms with Crippen molar-refractivity contribution in [2.45, 2.75) is 13.8 Å². The fourth-order valence-corrected chi connectivity index (χ4v) is 2.57. The number of aryl methyl sites for hydroxylation is 2. The molecule has 4 heteroatoms. The second kappa shape index (κ2) is 5.04. The van der Waals surface area contributed by atoms with Gasteiger partial charge >= 0.3 is 0 Å². The fourth-order valence-electron chi connectivity index (χ4n) is 2.16. The van der Waals surface area contributed by atoms with Crippen molar-refractivity contribution in [3.8, 4) is 11.4 Å². The second-order valence-electron chi connectivity index (χ2n) is 4.82. The molecule has 0 atom stereocenters. The van der Waals surface area contributed by atoms with E-state index < -0.39 is 0 Å². The maximum Gasteiger partial charge on any atom is 0.161 e. The zero-order valence-corrected chi connectivity index (χ0v) is 12.6. The van der Waals surface area contributed by atoms with Gasteiger partial charge in [-0.1, -0.05) is 40.9 Å². The van der Waals surface area contributed by atoms with Gasteiger partial charge in [0.2, 0.25) is 0 Å². The summed E-state index contributed by atoms with van der Waals surface area (Å²) in [7, 11) is 0. The lowest BCUT2D eigenvalue weighted by Crippen LogP contribution is -1.94. The van der Waals surface area contributed by atoms with Crippen LogP contribution in [0.2, 0.25) is 10.2 Å². The lowest BCUT2D eigenvalue weighted by molar-refractivity contribution is 1.21. The fraction of sp³-hybridized carbons (Fsp3) is 0.125. The smallest absolute Gasteiger partial charge is 0.161 e. The maximum absolute atomic E-state index is 6.26. The number of hydrogen-bond donors (Lipinski definition) is 0. The molecule has 0 saturated carbocycles. The molecule has 0 aliphatic heterocycles. The molecule has 1 aromatic heterocycles. The average molecular weight is 303 g/mol. The van der Waals surface area contributed by atoms with Gasteiger partial charge in [-0.2, -0.15) is 0 Å². The van der Waals surface area contributed by atoms with Gasteiger partial charge in [0.25, 0.3) is 0 Å². The molecule has 0 spiro atoms. The average Bonchev–Trinajstić information content (AvgIpc) is 2.41. The highest BCUT2D eigenvalue weighted by molar-refractivity contribution is 6.35. The first-order chi connectivity index (χ1) is 9.54. The van der Waals surface area contributed by atoms with Gasteiger partial charge in [0.05, 0.1) is 5.52 Å². The molecular weight excluding hydrogens is 291 g/mol. The lowest BCUT2D eigenvalue weighted by atomic mass is 10.0. The van der Waals surface area contributed by atoms with Gasteiger partial charge in [0.1, 0.15) is 5.15 Å². The summed E-state index contributed by atoms with van der Waals surface area (Å²) >= 11 is 12.3. The molecule has 0 aliphatic rings. The SMILES string of the molecule is Cc1ccc(C)c(-c2nc(Cl)c3ccc(Cl)cc3n2)c1. The van der Waals surface area contributed by atoms with Crippen LogP contribution in [0.1, 0.15) is 11.1 Å². The molecule has 0 unspecified atom stereocenters. The van der Waals surface area contributed by atoms with Crippen LogP contribution in [0.4, 0.5) is 0 Å². The molecule has 2 aromatic carbocycles. The van der Waals surface area contributed by atoms with Crippen molar-refractivity contribution in [1.82, 2.24) is 9.97 Å². The normalized spacial score (nSPS) is 11.0. The van der Waals surface area contributed by atoms with Crippen LogP contribution in [-0.2, 0) is 0 Å². The van der Waals surface area contributed by atoms with E-state index in [0.29, 0.717) is 16.0 Å². The molecule has 0 bridgehead atoms. The van der Waals surface area contributed by atoms with Crippen LogP contribution in [-0.4, -0.2) is 9.97 Å². The van der Waals surface area contributed by atoms with Crippen molar-refractivity contribution < 1.29 is 0 Å². The highest BCUT2D eigenvalue weighted by Crippen LogP contribution is 2.28. The summed E-state index contributed by atoms with van der Waals surface area (Å²) in [6, 6.07) is 11.6. The Morgan fingerprint density at radius 1 is 0.900 bits per heavy atom. The van der Waals surface area contributed by atoms with Crippen LogP contribution >= 0.6 is 23.2 Å². The molecular formula is C16H12Cl2N2. The summed E-state index contributed by atoms with van der Waals surface area (Å²) in [5, 5.41) is 1.90. The zero-order valence-electron chi connectivity index (χ0n) is 11.1. The summed E-state index contributed by atoms with van der Waals surface area (Å²) < 4.78 is 0. The molecule has 0 fully saturated rings. The van der Waals surface area contributed by atoms with Gasteiger partial charge in [0.15, 0.2) is 5.82 Å². The summed E-state index contributed by atoms with van der Waals surface area (Å²) in [6.07, 6.45) is 0. The van der Waals surface area contributed by atoms with Gasteiger partial charge in [-0.15, -0.1) is 0 Å². The number of nitrogens with zero attached hydrogens (tertiary/aromatic N) is 2. The van der Waals surface area contributed by atoms with E-state index in [-0.39, 0.29) is 0 Å². The highest BCUT2D eigenvalue weighted by atomic mass is 35.5. The third-order valence-corrected chi connectivity index (χ3v) is 3.77. The minimum atomic E-state index is 0.447. The molecule has 0 N–H and O–H groups in total. The molecule has 3 rings (SSSR count). The van der Waals surface area contributed by atoms with Crippen LogP contribution in [0.15, 0.2) is 36.4 Å². The molecule has 0 saturated heterocycles. The molecule has 0 radical (unpaired) electrons. The molecule has 2 nitrogen and oxygen atoms in total. The van der Waals surface area contributed by atoms with E-state index in [1.54, 1.807) is 12.1 Å². The number of fused-ring (bicyclic) bond motifs is 1. The summed E-state index contributed by atoms with van der Waals surface area (Å²) in [5.74, 6) is 0.631. The largest absolute Gasteiger partial charge is 0.228 e. The molecule has 0 amide bonds. The zero-order chi connectivity index (χ0) is 14.3. The van der Waals surface area contributed by atoms with Crippen molar-refractivity contribution in [3.05, 3.63) is 57.7 Å². The highest BCUT2D eigenvalue weighted by Gasteiger charge is 2.10. The third kappa shape index (κ3) is 2.37. The Kier molecular flexibility index (Phi) is 3.36. The molecule has 3 aromatic rings. The summed E-state index contributed by atoms with van der Waals surface area (Å²) in [6.45, 7) is 4.08. The van der Waals surface area contributed by atoms with E-state index in [4.69, 9.17) is 23.2 Å². The number of rotatable bonds is 1. The minimum Gasteiger partial charge on any atom is -0.228 e. The van der Waals surface area contributed by atoms with Crippen LogP contribution in [0.25, 0.3) is 22.3 Å². The second-order valence-corrected chi connectivity index (χ2v) is 5.61. The van der Waals surface area contributed by atoms with Gasteiger partial charge in [-0.05, 0) is 43.7 Å². The Labute approximate surface area is 127 Å². The number of aromatic nitrogens is 2. The Morgan fingerprint density at radius 2 is 1.70 bits per heavy atom. The Balaban J connectivity index is 2.29. The van der Waals surface area contributed by atoms with Crippen molar-refractivity contribution in [1.29, 1.82) is 0 Å². The van der Waals surface area contributed by atoms with E-state index >= 15 is 0 Å². The lowest BCUT2D eigenvalue weighted by Gasteiger charge is -2.08. The standard InChI is InChI=1S/C16H12Cl2N2/c1-9-3-4-10(2)13(7-9)16-19-14-8-11(17)5-6-12(14)15(18)20-16/h3-8H,1-2H3. The van der Waals surface area contributed by atoms with Crippen LogP contribution in [0.5, 0.6) is 0 Å². The quantitative estimate of drug-likeness (QED) is 0.576. The van der Waals surface area contributed by atoms with E-state index in [0.717, 1.165) is 27.6 Å². The Bertz CT molecular complexity index is 813. The first kappa shape index (κ1) is 13.3. The van der Waals surface area contributed by atoms with Crippen molar-refractivity contribution in [2.75, 3.05) is 0 Å². The van der Waals surface area contributed by atoms with E-state index in [2.05, 4.69) is 28.2 Å². The van der Waals surface area contributed by atoms with E-state index in [1.165, 1.54) is 0 Å². The van der Waals surface area contributed by atoms with Crippen molar-refractivity contribution in [2.24, 2.45) is 0 Å². The summed E-state index contributed by atoms with van der Waals surface area (Å²) in [4.78, 5) is 9.00. The predicted molar refractivity (Wildman–Crippen MR) is 84.5 cm³/mol. The van der Waals surface area contributed by atoms with E-state index in [1.807, 2.05) is 19.9 Å². The molecule has 1 heterocycles. The topological polar surface area (TPSA) is 25.8 Å². The van der Waals surface area contributed by atoms with Crippen LogP contribution in [0.3, 0.4) is 0 Å². The van der Waals surface area contributed by atoms with Crippen LogP contribution in [0, 0.1) is 13.8 Å². The summed E-state index contributed by atoms with van der Waals surface area (Å²) in [5.41, 5.74) is 4.03. The van der Waals surface area contributed by atoms with Crippen molar-refractivity contribution >= 4 is 34.1 Å². The Hall–Kier alpha value is -1.64.